The predicted molar refractivity (Wildman–Crippen MR) is 84.5 cm³/mol. The summed E-state index contributed by atoms with van der Waals surface area (Å²) < 4.78 is 1.07. The monoisotopic (exact) mass is 341 g/mol. The minimum absolute atomic E-state index is 0.0123. The van der Waals surface area contributed by atoms with Crippen molar-refractivity contribution in [3.63, 3.8) is 0 Å². The number of carbonyl (C=O) groups excluding carboxylic acids is 1. The summed E-state index contributed by atoms with van der Waals surface area (Å²) in [6.07, 6.45) is 3.53. The Morgan fingerprint density at radius 2 is 2.05 bits per heavy atom. The molecule has 0 radical (unpaired) electrons. The van der Waals surface area contributed by atoms with E-state index in [1.54, 1.807) is 11.8 Å². The van der Waals surface area contributed by atoms with Crippen LogP contribution in [0.15, 0.2) is 33.6 Å². The number of benzene rings is 1. The van der Waals surface area contributed by atoms with E-state index in [1.165, 1.54) is 6.42 Å². The maximum absolute atomic E-state index is 12.5. The maximum atomic E-state index is 12.5. The lowest BCUT2D eigenvalue weighted by molar-refractivity contribution is -0.133. The number of hydrogen-bond acceptors (Lipinski definition) is 2. The van der Waals surface area contributed by atoms with Gasteiger partial charge in [-0.3, -0.25) is 4.79 Å². The van der Waals surface area contributed by atoms with Crippen LogP contribution in [-0.2, 0) is 4.79 Å². The molecule has 2 rings (SSSR count). The Hall–Kier alpha value is -0.480. The minimum Gasteiger partial charge on any atom is -0.339 e. The average Bonchev–Trinajstić information content (AvgIpc) is 2.41. The van der Waals surface area contributed by atoms with E-state index < -0.39 is 0 Å². The van der Waals surface area contributed by atoms with Crippen LogP contribution in [0.5, 0.6) is 0 Å². The van der Waals surface area contributed by atoms with Crippen LogP contribution in [-0.4, -0.2) is 28.6 Å². The molecule has 1 amide bonds. The average molecular weight is 342 g/mol. The highest BCUT2D eigenvalue weighted by atomic mass is 79.9. The fourth-order valence-electron chi connectivity index (χ4n) is 2.43. The molecular weight excluding hydrogens is 322 g/mol. The molecule has 1 aromatic rings. The van der Waals surface area contributed by atoms with Gasteiger partial charge in [-0.2, -0.15) is 0 Å². The molecule has 0 aliphatic carbocycles. The number of hydrogen-bond donors (Lipinski definition) is 0. The van der Waals surface area contributed by atoms with Crippen LogP contribution < -0.4 is 0 Å². The van der Waals surface area contributed by atoms with E-state index in [-0.39, 0.29) is 11.2 Å². The summed E-state index contributed by atoms with van der Waals surface area (Å²) in [7, 11) is 0. The number of piperidine rings is 1. The van der Waals surface area contributed by atoms with Crippen molar-refractivity contribution >= 4 is 33.6 Å². The number of amides is 1. The first-order valence-electron chi connectivity index (χ1n) is 6.80. The molecule has 0 spiro atoms. The van der Waals surface area contributed by atoms with Gasteiger partial charge in [-0.25, -0.2) is 0 Å². The van der Waals surface area contributed by atoms with Crippen molar-refractivity contribution < 1.29 is 4.79 Å². The van der Waals surface area contributed by atoms with Gasteiger partial charge < -0.3 is 4.90 Å². The third-order valence-electron chi connectivity index (χ3n) is 3.56. The van der Waals surface area contributed by atoms with Crippen molar-refractivity contribution in [2.45, 2.75) is 49.3 Å². The van der Waals surface area contributed by atoms with Crippen LogP contribution in [0.25, 0.3) is 0 Å². The van der Waals surface area contributed by atoms with Crippen molar-refractivity contribution in [1.29, 1.82) is 0 Å². The summed E-state index contributed by atoms with van der Waals surface area (Å²) in [6, 6.07) is 8.54. The highest BCUT2D eigenvalue weighted by molar-refractivity contribution is 9.10. The molecule has 1 aromatic carbocycles. The molecule has 1 heterocycles. The van der Waals surface area contributed by atoms with E-state index in [0.717, 1.165) is 28.8 Å². The molecule has 2 unspecified atom stereocenters. The van der Waals surface area contributed by atoms with Gasteiger partial charge in [-0.15, -0.1) is 11.8 Å². The first-order valence-corrected chi connectivity index (χ1v) is 8.48. The molecule has 4 heteroatoms. The smallest absolute Gasteiger partial charge is 0.236 e. The predicted octanol–water partition coefficient (Wildman–Crippen LogP) is 4.33. The summed E-state index contributed by atoms with van der Waals surface area (Å²) in [5, 5.41) is -0.0123. The Labute approximate surface area is 128 Å². The number of rotatable bonds is 3. The maximum Gasteiger partial charge on any atom is 0.236 e. The number of nitrogens with zero attached hydrogens (tertiary/aromatic N) is 1. The summed E-state index contributed by atoms with van der Waals surface area (Å²) in [4.78, 5) is 15.7. The molecule has 1 fully saturated rings. The Morgan fingerprint density at radius 3 is 2.68 bits per heavy atom. The lowest BCUT2D eigenvalue weighted by Crippen LogP contribution is -2.45. The standard InChI is InChI=1S/C15H20BrNOS/c1-11-5-3-4-10-17(11)15(18)12(2)19-14-8-6-13(16)7-9-14/h6-9,11-12H,3-5,10H2,1-2H3. The van der Waals surface area contributed by atoms with Gasteiger partial charge in [-0.05, 0) is 57.4 Å². The second kappa shape index (κ2) is 6.80. The third-order valence-corrected chi connectivity index (χ3v) is 5.19. The molecule has 2 atom stereocenters. The van der Waals surface area contributed by atoms with Crippen LogP contribution in [0, 0.1) is 0 Å². The van der Waals surface area contributed by atoms with Gasteiger partial charge in [0.25, 0.3) is 0 Å². The zero-order chi connectivity index (χ0) is 13.8. The molecule has 104 valence electrons. The van der Waals surface area contributed by atoms with E-state index >= 15 is 0 Å². The van der Waals surface area contributed by atoms with Crippen LogP contribution in [0.2, 0.25) is 0 Å². The Morgan fingerprint density at radius 1 is 1.37 bits per heavy atom. The fraction of sp³-hybridized carbons (Fsp3) is 0.533. The molecule has 2 nitrogen and oxygen atoms in total. The summed E-state index contributed by atoms with van der Waals surface area (Å²) in [5.74, 6) is 0.278. The van der Waals surface area contributed by atoms with E-state index in [9.17, 15) is 4.79 Å². The van der Waals surface area contributed by atoms with Crippen LogP contribution in [0.3, 0.4) is 0 Å². The van der Waals surface area contributed by atoms with Gasteiger partial charge in [0.2, 0.25) is 5.91 Å². The third kappa shape index (κ3) is 3.99. The second-order valence-electron chi connectivity index (χ2n) is 5.09. The zero-order valence-electron chi connectivity index (χ0n) is 11.4. The second-order valence-corrected chi connectivity index (χ2v) is 7.42. The van der Waals surface area contributed by atoms with E-state index in [0.29, 0.717) is 6.04 Å². The lowest BCUT2D eigenvalue weighted by atomic mass is 10.0. The van der Waals surface area contributed by atoms with Gasteiger partial charge in [0.1, 0.15) is 0 Å². The van der Waals surface area contributed by atoms with Gasteiger partial charge in [0.15, 0.2) is 0 Å². The molecule has 0 saturated carbocycles. The quantitative estimate of drug-likeness (QED) is 0.762. The molecule has 0 aromatic heterocycles. The van der Waals surface area contributed by atoms with Crippen molar-refractivity contribution in [2.24, 2.45) is 0 Å². The van der Waals surface area contributed by atoms with Gasteiger partial charge in [0, 0.05) is 22.0 Å². The molecule has 19 heavy (non-hydrogen) atoms. The normalized spacial score (nSPS) is 21.2. The molecule has 1 aliphatic rings. The minimum atomic E-state index is -0.0123. The van der Waals surface area contributed by atoms with Crippen molar-refractivity contribution in [2.75, 3.05) is 6.54 Å². The van der Waals surface area contributed by atoms with Crippen molar-refractivity contribution in [3.8, 4) is 0 Å². The fourth-order valence-corrected chi connectivity index (χ4v) is 3.63. The van der Waals surface area contributed by atoms with E-state index in [2.05, 4.69) is 39.9 Å². The van der Waals surface area contributed by atoms with E-state index in [1.807, 2.05) is 19.1 Å². The van der Waals surface area contributed by atoms with E-state index in [4.69, 9.17) is 0 Å². The molecule has 0 bridgehead atoms. The zero-order valence-corrected chi connectivity index (χ0v) is 13.8. The Balaban J connectivity index is 1.96. The SMILES string of the molecule is CC(Sc1ccc(Br)cc1)C(=O)N1CCCCC1C. The van der Waals surface area contributed by atoms with Crippen LogP contribution in [0.4, 0.5) is 0 Å². The largest absolute Gasteiger partial charge is 0.339 e. The Kier molecular flexibility index (Phi) is 5.34. The number of halogens is 1. The summed E-state index contributed by atoms with van der Waals surface area (Å²) in [5.41, 5.74) is 0. The number of likely N-dealkylation sites (tertiary alicyclic amines) is 1. The highest BCUT2D eigenvalue weighted by Gasteiger charge is 2.27. The van der Waals surface area contributed by atoms with Crippen molar-refractivity contribution in [1.82, 2.24) is 4.90 Å². The molecule has 0 N–H and O–H groups in total. The Bertz CT molecular complexity index is 434. The molecule has 1 saturated heterocycles. The van der Waals surface area contributed by atoms with Gasteiger partial charge in [-0.1, -0.05) is 15.9 Å². The van der Waals surface area contributed by atoms with Crippen LogP contribution >= 0.6 is 27.7 Å². The van der Waals surface area contributed by atoms with Crippen LogP contribution in [0.1, 0.15) is 33.1 Å². The first kappa shape index (κ1) is 14.9. The number of carbonyl (C=O) groups is 1. The first-order chi connectivity index (χ1) is 9.08. The summed E-state index contributed by atoms with van der Waals surface area (Å²) in [6.45, 7) is 5.09. The lowest BCUT2D eigenvalue weighted by Gasteiger charge is -2.35. The van der Waals surface area contributed by atoms with Crippen molar-refractivity contribution in [3.05, 3.63) is 28.7 Å². The van der Waals surface area contributed by atoms with Gasteiger partial charge >= 0.3 is 0 Å². The number of thioether (sulfide) groups is 1. The topological polar surface area (TPSA) is 20.3 Å². The summed E-state index contributed by atoms with van der Waals surface area (Å²) >= 11 is 5.07. The van der Waals surface area contributed by atoms with Gasteiger partial charge in [0.05, 0.1) is 5.25 Å². The molecule has 1 aliphatic heterocycles. The molecular formula is C15H20BrNOS. The highest BCUT2D eigenvalue weighted by Crippen LogP contribution is 2.27.